The van der Waals surface area contributed by atoms with Gasteiger partial charge >= 0.3 is 36.5 Å². The minimum absolute atomic E-state index is 0.00497. The number of hydrogen-bond donors (Lipinski definition) is 0. The zero-order valence-electron chi connectivity index (χ0n) is 60.3. The van der Waals surface area contributed by atoms with Gasteiger partial charge in [-0.05, 0) is 158 Å². The summed E-state index contributed by atoms with van der Waals surface area (Å²) in [4.78, 5) is 60.9. The highest BCUT2D eigenvalue weighted by molar-refractivity contribution is 6.76. The van der Waals surface area contributed by atoms with Gasteiger partial charge in [0.1, 0.15) is 22.7 Å². The molecule has 0 saturated carbocycles. The predicted octanol–water partition coefficient (Wildman–Crippen LogP) is 16.9. The first-order valence-electron chi connectivity index (χ1n) is 32.7. The number of esters is 2. The lowest BCUT2D eigenvalue weighted by Gasteiger charge is -2.40. The smallest absolute Gasteiger partial charge is 0.427 e. The van der Waals surface area contributed by atoms with Crippen LogP contribution in [0.1, 0.15) is 112 Å². The molecule has 2 aromatic heterocycles. The fraction of sp³-hybridized carbons (Fsp3) is 0.500. The summed E-state index contributed by atoms with van der Waals surface area (Å²) in [5.41, 5.74) is -11.1. The van der Waals surface area contributed by atoms with Crippen LogP contribution in [0.25, 0.3) is 21.8 Å². The minimum Gasteiger partial charge on any atom is -0.496 e. The van der Waals surface area contributed by atoms with Crippen molar-refractivity contribution in [2.75, 3.05) is 53.9 Å². The molecule has 552 valence electrons. The van der Waals surface area contributed by atoms with Crippen LogP contribution in [0.5, 0.6) is 11.5 Å². The third-order valence-electron chi connectivity index (χ3n) is 16.4. The third-order valence-corrected chi connectivity index (χ3v) is 19.8. The highest BCUT2D eigenvalue weighted by atomic mass is 28.3. The monoisotopic (exact) mass is 1470 g/mol. The molecule has 6 unspecified atom stereocenters. The van der Waals surface area contributed by atoms with Gasteiger partial charge in [0.15, 0.2) is 0 Å². The second-order valence-electron chi connectivity index (χ2n) is 28.8. The van der Waals surface area contributed by atoms with Gasteiger partial charge in [0, 0.05) is 52.5 Å². The van der Waals surface area contributed by atoms with Gasteiger partial charge < -0.3 is 47.4 Å². The lowest BCUT2D eigenvalue weighted by molar-refractivity contribution is -0.283. The summed E-state index contributed by atoms with van der Waals surface area (Å²) < 4.78 is 187. The average molecular weight is 1470 g/mol. The maximum Gasteiger partial charge on any atom is 0.427 e. The molecule has 2 aliphatic rings. The zero-order valence-corrected chi connectivity index (χ0v) is 62.3. The second kappa shape index (κ2) is 31.2. The van der Waals surface area contributed by atoms with Crippen LogP contribution in [0, 0.1) is 36.5 Å². The van der Waals surface area contributed by atoms with Crippen molar-refractivity contribution in [3.8, 4) is 23.6 Å². The number of aliphatic imine (C=N–C) groups is 2. The van der Waals surface area contributed by atoms with Gasteiger partial charge in [-0.2, -0.15) is 36.9 Å². The molecule has 0 N–H and O–H groups in total. The van der Waals surface area contributed by atoms with Gasteiger partial charge in [-0.25, -0.2) is 28.0 Å². The highest BCUT2D eigenvalue weighted by Gasteiger charge is 2.69. The number of aryl methyl sites for hydroxylation is 2. The van der Waals surface area contributed by atoms with E-state index in [0.29, 0.717) is 23.2 Å². The van der Waals surface area contributed by atoms with Gasteiger partial charge in [0.05, 0.1) is 121 Å². The van der Waals surface area contributed by atoms with E-state index in [0.717, 1.165) is 23.4 Å². The van der Waals surface area contributed by atoms with Crippen molar-refractivity contribution in [3.05, 3.63) is 118 Å². The predicted molar refractivity (Wildman–Crippen MR) is 370 cm³/mol. The van der Waals surface area contributed by atoms with Crippen molar-refractivity contribution in [2.45, 2.75) is 180 Å². The Balaban J connectivity index is 0.000000286. The number of aromatic nitrogens is 2. The molecule has 6 aromatic rings. The first kappa shape index (κ1) is 80.8. The molecule has 0 aliphatic carbocycles. The van der Waals surface area contributed by atoms with Crippen LogP contribution in [0.4, 0.5) is 56.1 Å². The van der Waals surface area contributed by atoms with Crippen molar-refractivity contribution in [3.63, 3.8) is 0 Å². The normalized spacial score (nSPS) is 16.5. The van der Waals surface area contributed by atoms with Crippen LogP contribution in [-0.2, 0) is 58.7 Å². The quantitative estimate of drug-likeness (QED) is 0.0180. The summed E-state index contributed by atoms with van der Waals surface area (Å²) in [5.74, 6) is -6.77. The summed E-state index contributed by atoms with van der Waals surface area (Å²) in [6.07, 6.45) is -16.9. The second-order valence-corrected chi connectivity index (χ2v) is 40.0. The molecule has 0 bridgehead atoms. The molecule has 0 fully saturated rings. The Labute approximate surface area is 588 Å². The molecule has 20 nitrogen and oxygen atoms in total. The van der Waals surface area contributed by atoms with Crippen LogP contribution >= 0.6 is 0 Å². The van der Waals surface area contributed by atoms with Crippen LogP contribution in [0.3, 0.4) is 0 Å². The van der Waals surface area contributed by atoms with Crippen molar-refractivity contribution < 1.29 is 102 Å². The number of rotatable bonds is 24. The average Bonchev–Trinajstić information content (AvgIpc) is 1.43. The Morgan fingerprint density at radius 1 is 0.559 bits per heavy atom. The molecular formula is C72H86F8N6O14Si2. The largest absolute Gasteiger partial charge is 0.496 e. The number of nitrogens with zero attached hydrogens (tertiary/aromatic N) is 6. The van der Waals surface area contributed by atoms with E-state index in [1.54, 1.807) is 55.4 Å². The summed E-state index contributed by atoms with van der Waals surface area (Å²) in [6, 6.07) is 18.7. The molecule has 102 heavy (non-hydrogen) atoms. The molecule has 4 heterocycles. The van der Waals surface area contributed by atoms with Crippen LogP contribution < -0.4 is 9.47 Å². The Hall–Kier alpha value is -8.53. The zero-order chi connectivity index (χ0) is 76.2. The van der Waals surface area contributed by atoms with E-state index in [2.05, 4.69) is 49.3 Å². The van der Waals surface area contributed by atoms with E-state index < -0.39 is 122 Å². The number of fused-ring (bicyclic) bond motifs is 4. The summed E-state index contributed by atoms with van der Waals surface area (Å²) in [6.45, 7) is 27.5. The Kier molecular flexibility index (Phi) is 24.7. The summed E-state index contributed by atoms with van der Waals surface area (Å²) in [5, 5.41) is 18.9. The molecule has 0 amide bonds. The molecule has 0 radical (unpaired) electrons. The Morgan fingerprint density at radius 2 is 0.941 bits per heavy atom. The van der Waals surface area contributed by atoms with Crippen molar-refractivity contribution in [1.82, 2.24) is 9.13 Å². The number of alkyl halides is 8. The van der Waals surface area contributed by atoms with E-state index in [-0.39, 0.29) is 107 Å². The number of hydrogen-bond acceptors (Lipinski definition) is 18. The topological polar surface area (TPSA) is 243 Å². The lowest BCUT2D eigenvalue weighted by Crippen LogP contribution is -2.55. The van der Waals surface area contributed by atoms with Gasteiger partial charge in [-0.15, -0.1) is 0 Å². The number of benzene rings is 4. The summed E-state index contributed by atoms with van der Waals surface area (Å²) >= 11 is 0. The highest BCUT2D eigenvalue weighted by Crippen LogP contribution is 2.58. The summed E-state index contributed by atoms with van der Waals surface area (Å²) in [7, 11) is -0.981. The number of ether oxygens (including phenoxy) is 10. The van der Waals surface area contributed by atoms with E-state index in [1.165, 1.54) is 86.9 Å². The van der Waals surface area contributed by atoms with E-state index >= 15 is 35.1 Å². The van der Waals surface area contributed by atoms with Gasteiger partial charge in [-0.3, -0.25) is 19.1 Å². The maximum absolute atomic E-state index is 16.4. The number of carbonyl (C=O) groups is 4. The molecule has 4 aromatic carbocycles. The van der Waals surface area contributed by atoms with Crippen molar-refractivity contribution >= 4 is 84.9 Å². The van der Waals surface area contributed by atoms with Gasteiger partial charge in [-0.1, -0.05) is 45.3 Å². The molecule has 0 spiro atoms. The van der Waals surface area contributed by atoms with Crippen LogP contribution in [-0.4, -0.2) is 151 Å². The van der Waals surface area contributed by atoms with Gasteiger partial charge in [0.25, 0.3) is 12.7 Å². The van der Waals surface area contributed by atoms with E-state index in [1.807, 2.05) is 12.1 Å². The molecule has 2 aliphatic heterocycles. The number of nitriles is 2. The Bertz CT molecular complexity index is 4280. The standard InChI is InChI=1S/2C36H43F4N3O7Si/c1-10-48-32(44)31(37)49-35(36(38,39)40,28-23-13-14-43(33(45)50-34(3,4)5)29(23)21(2)17-27(28)46-6)30-25(20-47-15-16-51(7,8)9)24-18-22(19-41)11-12-26(24)42-30;1-10-48-32(44)31(37)49-35(36(38,39)40,28-24-13-14-43(33(45)50-34(3,4)5)29(24)21(2)17-27(28)46-6)30-25(20-47-15-16-51(7,8)9)23-12-11-22(19-41)18-26(23)42-30/h2*11-14,17-18,25,31H,10,15-16,20H2,1-9H3. The van der Waals surface area contributed by atoms with Crippen LogP contribution in [0.15, 0.2) is 83.0 Å². The fourth-order valence-corrected chi connectivity index (χ4v) is 13.4. The fourth-order valence-electron chi connectivity index (χ4n) is 11.9. The van der Waals surface area contributed by atoms with E-state index in [9.17, 15) is 29.7 Å². The number of carbonyl (C=O) groups excluding carboxylic acids is 4. The Morgan fingerprint density at radius 3 is 1.30 bits per heavy atom. The number of methoxy groups -OCH3 is 2. The molecule has 30 heteroatoms. The van der Waals surface area contributed by atoms with Crippen molar-refractivity contribution in [1.29, 1.82) is 10.5 Å². The molecule has 0 saturated heterocycles. The first-order chi connectivity index (χ1) is 47.4. The maximum atomic E-state index is 16.4. The molecular weight excluding hydrogens is 1380 g/mol. The van der Waals surface area contributed by atoms with Crippen LogP contribution in [0.2, 0.25) is 51.4 Å². The lowest BCUT2D eigenvalue weighted by atomic mass is 9.78. The SMILES string of the molecule is CCOC(=O)C(F)OC(C1=Nc2cc(C#N)ccc2C1COCC[Si](C)(C)C)(c1c(OC)cc(C)c2c1ccn2C(=O)OC(C)(C)C)C(F)(F)F.CCOC(=O)C(F)OC(C1=Nc2ccc(C#N)cc2C1COCC[Si](C)(C)C)(c1c(OC)cc(C)c2c1ccn2C(=O)OC(C)(C)C)C(F)(F)F. The minimum atomic E-state index is -5.54. The van der Waals surface area contributed by atoms with E-state index in [4.69, 9.17) is 47.4 Å². The first-order valence-corrected chi connectivity index (χ1v) is 40.2. The van der Waals surface area contributed by atoms with Crippen molar-refractivity contribution in [2.24, 2.45) is 9.98 Å². The molecule has 6 atom stereocenters. The third kappa shape index (κ3) is 17.4. The molecule has 8 rings (SSSR count). The van der Waals surface area contributed by atoms with Gasteiger partial charge in [0.2, 0.25) is 11.2 Å². The number of halogens is 8.